The van der Waals surface area contributed by atoms with Gasteiger partial charge in [0.1, 0.15) is 0 Å². The molecule has 0 amide bonds. The molecule has 2 rings (SSSR count). The minimum Gasteiger partial charge on any atom is -0.370 e. The number of hydrogen-bond donors (Lipinski definition) is 0. The maximum Gasteiger partial charge on any atom is 0.537 e. The molecule has 7 heteroatoms. The molecule has 0 unspecified atom stereocenters. The first kappa shape index (κ1) is 23.8. The van der Waals surface area contributed by atoms with Crippen molar-refractivity contribution in [2.24, 2.45) is 0 Å². The fourth-order valence-electron chi connectivity index (χ4n) is 2.03. The van der Waals surface area contributed by atoms with E-state index in [1.807, 2.05) is 32.9 Å². The summed E-state index contributed by atoms with van der Waals surface area (Å²) in [6.45, 7) is 7.68. The number of halogens is 3. The lowest BCUT2D eigenvalue weighted by molar-refractivity contribution is 0.0859. The Morgan fingerprint density at radius 2 is 0.880 bits per heavy atom. The molecule has 0 saturated heterocycles. The normalized spacial score (nSPS) is 11.0. The van der Waals surface area contributed by atoms with Crippen molar-refractivity contribution in [3.05, 3.63) is 59.2 Å². The van der Waals surface area contributed by atoms with E-state index in [4.69, 9.17) is 13.3 Å². The molecular weight excluding hydrogens is 673 g/mol. The second-order valence-electron chi connectivity index (χ2n) is 4.80. The van der Waals surface area contributed by atoms with Gasteiger partial charge in [-0.15, -0.1) is 0 Å². The van der Waals surface area contributed by atoms with Gasteiger partial charge >= 0.3 is 8.80 Å². The SMILES string of the molecule is CCO[Si](OCC)(OCC)c1ccc(I)cc1.Ic1ccc(I)cc1. The fourth-order valence-corrected chi connectivity index (χ4v) is 5.57. The van der Waals surface area contributed by atoms with Crippen LogP contribution in [0.3, 0.4) is 0 Å². The third kappa shape index (κ3) is 8.52. The van der Waals surface area contributed by atoms with Crippen molar-refractivity contribution in [1.82, 2.24) is 0 Å². The first-order valence-corrected chi connectivity index (χ1v) is 13.0. The first-order chi connectivity index (χ1) is 12.0. The van der Waals surface area contributed by atoms with Crippen LogP contribution in [0.15, 0.2) is 48.5 Å². The van der Waals surface area contributed by atoms with Crippen LogP contribution in [0, 0.1) is 10.7 Å². The van der Waals surface area contributed by atoms with E-state index in [2.05, 4.69) is 104 Å². The number of rotatable bonds is 7. The van der Waals surface area contributed by atoms with Gasteiger partial charge in [0.15, 0.2) is 0 Å². The highest BCUT2D eigenvalue weighted by Crippen LogP contribution is 2.12. The minimum absolute atomic E-state index is 0.595. The second kappa shape index (κ2) is 13.0. The van der Waals surface area contributed by atoms with Gasteiger partial charge in [-0.25, -0.2) is 0 Å². The fraction of sp³-hybridized carbons (Fsp3) is 0.333. The van der Waals surface area contributed by atoms with E-state index in [1.165, 1.54) is 10.7 Å². The predicted molar refractivity (Wildman–Crippen MR) is 131 cm³/mol. The topological polar surface area (TPSA) is 27.7 Å². The Morgan fingerprint density at radius 3 is 1.16 bits per heavy atom. The molecule has 0 bridgehead atoms. The van der Waals surface area contributed by atoms with Gasteiger partial charge < -0.3 is 13.3 Å². The van der Waals surface area contributed by atoms with Crippen LogP contribution in [0.1, 0.15) is 20.8 Å². The Morgan fingerprint density at radius 1 is 0.600 bits per heavy atom. The van der Waals surface area contributed by atoms with Crippen LogP contribution in [0.4, 0.5) is 0 Å². The van der Waals surface area contributed by atoms with Gasteiger partial charge in [-0.3, -0.25) is 0 Å². The molecule has 3 nitrogen and oxygen atoms in total. The third-order valence-corrected chi connectivity index (χ3v) is 8.21. The van der Waals surface area contributed by atoms with Gasteiger partial charge in [0.05, 0.1) is 0 Å². The molecule has 2 aromatic rings. The smallest absolute Gasteiger partial charge is 0.370 e. The van der Waals surface area contributed by atoms with Crippen molar-refractivity contribution < 1.29 is 13.3 Å². The standard InChI is InChI=1S/C12H19IO3Si.C6H4I2/c1-4-14-17(15-5-2,16-6-3)12-9-7-11(13)8-10-12;7-5-1-2-6(8)4-3-5/h7-10H,4-6H2,1-3H3;1-4H. The molecule has 2 aromatic carbocycles. The Balaban J connectivity index is 0.000000324. The molecule has 0 aliphatic rings. The zero-order valence-corrected chi connectivity index (χ0v) is 22.1. The summed E-state index contributed by atoms with van der Waals surface area (Å²) in [5, 5.41) is 1.03. The molecule has 0 fully saturated rings. The van der Waals surface area contributed by atoms with Crippen molar-refractivity contribution in [2.75, 3.05) is 19.8 Å². The van der Waals surface area contributed by atoms with Crippen molar-refractivity contribution in [3.8, 4) is 0 Å². The lowest BCUT2D eigenvalue weighted by Crippen LogP contribution is -2.56. The summed E-state index contributed by atoms with van der Waals surface area (Å²) in [4.78, 5) is 0. The van der Waals surface area contributed by atoms with E-state index in [1.54, 1.807) is 0 Å². The lowest BCUT2D eigenvalue weighted by atomic mass is 10.4. The highest BCUT2D eigenvalue weighted by Gasteiger charge is 2.42. The molecule has 0 aromatic heterocycles. The maximum absolute atomic E-state index is 5.83. The van der Waals surface area contributed by atoms with E-state index >= 15 is 0 Å². The lowest BCUT2D eigenvalue weighted by Gasteiger charge is -2.28. The second-order valence-corrected chi connectivity index (χ2v) is 11.1. The molecule has 0 aliphatic carbocycles. The van der Waals surface area contributed by atoms with Crippen LogP contribution in [-0.4, -0.2) is 28.6 Å². The van der Waals surface area contributed by atoms with Crippen LogP contribution in [0.2, 0.25) is 0 Å². The van der Waals surface area contributed by atoms with E-state index in [-0.39, 0.29) is 0 Å². The molecule has 0 spiro atoms. The van der Waals surface area contributed by atoms with Gasteiger partial charge in [-0.1, -0.05) is 12.1 Å². The van der Waals surface area contributed by atoms with E-state index in [0.29, 0.717) is 19.8 Å². The van der Waals surface area contributed by atoms with Gasteiger partial charge in [0, 0.05) is 35.7 Å². The molecule has 0 atom stereocenters. The molecule has 0 aliphatic heterocycles. The molecule has 0 N–H and O–H groups in total. The largest absolute Gasteiger partial charge is 0.537 e. The summed E-state index contributed by atoms with van der Waals surface area (Å²) in [5.74, 6) is 0. The molecule has 138 valence electrons. The van der Waals surface area contributed by atoms with E-state index in [9.17, 15) is 0 Å². The number of benzene rings is 2. The van der Waals surface area contributed by atoms with Gasteiger partial charge in [-0.2, -0.15) is 0 Å². The van der Waals surface area contributed by atoms with Gasteiger partial charge in [-0.05, 0) is 125 Å². The third-order valence-electron chi connectivity index (χ3n) is 3.00. The summed E-state index contributed by atoms with van der Waals surface area (Å²) in [5.41, 5.74) is 0. The monoisotopic (exact) mass is 696 g/mol. The minimum atomic E-state index is -2.70. The molecule has 0 heterocycles. The molecule has 0 saturated carbocycles. The van der Waals surface area contributed by atoms with Crippen LogP contribution >= 0.6 is 67.8 Å². The number of hydrogen-bond acceptors (Lipinski definition) is 3. The summed E-state index contributed by atoms with van der Waals surface area (Å²) < 4.78 is 21.3. The average molecular weight is 696 g/mol. The molecule has 0 radical (unpaired) electrons. The predicted octanol–water partition coefficient (Wildman–Crippen LogP) is 5.44. The quantitative estimate of drug-likeness (QED) is 0.285. The zero-order valence-electron chi connectivity index (χ0n) is 14.6. The zero-order chi connectivity index (χ0) is 18.7. The van der Waals surface area contributed by atoms with Crippen molar-refractivity contribution in [2.45, 2.75) is 20.8 Å². The summed E-state index contributed by atoms with van der Waals surface area (Å²) in [6, 6.07) is 16.6. The van der Waals surface area contributed by atoms with Crippen LogP contribution in [0.5, 0.6) is 0 Å². The highest BCUT2D eigenvalue weighted by atomic mass is 127. The Hall–Kier alpha value is 0.727. The van der Waals surface area contributed by atoms with E-state index < -0.39 is 8.80 Å². The summed E-state index contributed by atoms with van der Waals surface area (Å²) in [7, 11) is -2.70. The Kier molecular flexibility index (Phi) is 12.4. The first-order valence-electron chi connectivity index (χ1n) is 8.06. The average Bonchev–Trinajstić information content (AvgIpc) is 2.59. The van der Waals surface area contributed by atoms with Gasteiger partial charge in [0.2, 0.25) is 0 Å². The summed E-state index contributed by atoms with van der Waals surface area (Å²) >= 11 is 6.87. The van der Waals surface area contributed by atoms with Crippen LogP contribution in [0.25, 0.3) is 0 Å². The van der Waals surface area contributed by atoms with Crippen LogP contribution in [-0.2, 0) is 13.3 Å². The van der Waals surface area contributed by atoms with Crippen LogP contribution < -0.4 is 5.19 Å². The maximum atomic E-state index is 5.83. The highest BCUT2D eigenvalue weighted by molar-refractivity contribution is 14.1. The van der Waals surface area contributed by atoms with Crippen molar-refractivity contribution in [3.63, 3.8) is 0 Å². The van der Waals surface area contributed by atoms with Crippen molar-refractivity contribution in [1.29, 1.82) is 0 Å². The molecular formula is C18H23I3O3Si. The van der Waals surface area contributed by atoms with E-state index in [0.717, 1.165) is 5.19 Å². The van der Waals surface area contributed by atoms with Crippen molar-refractivity contribution >= 4 is 81.8 Å². The summed E-state index contributed by atoms with van der Waals surface area (Å²) in [6.07, 6.45) is 0. The molecule has 25 heavy (non-hydrogen) atoms. The Labute approximate surface area is 193 Å². The Bertz CT molecular complexity index is 568. The van der Waals surface area contributed by atoms with Gasteiger partial charge in [0.25, 0.3) is 0 Å².